The maximum atomic E-state index is 9.05. The van der Waals surface area contributed by atoms with Crippen LogP contribution >= 0.6 is 0 Å². The molecule has 2 nitrogen and oxygen atoms in total. The molecule has 1 aliphatic carbocycles. The highest BCUT2D eigenvalue weighted by atomic mass is 16.5. The Morgan fingerprint density at radius 2 is 1.86 bits per heavy atom. The van der Waals surface area contributed by atoms with E-state index in [1.54, 1.807) is 0 Å². The summed E-state index contributed by atoms with van der Waals surface area (Å²) in [5.74, 6) is 0.928. The van der Waals surface area contributed by atoms with Gasteiger partial charge in [-0.3, -0.25) is 0 Å². The highest BCUT2D eigenvalue weighted by Gasteiger charge is 2.42. The van der Waals surface area contributed by atoms with Gasteiger partial charge in [-0.15, -0.1) is 0 Å². The molecule has 1 N–H and O–H groups in total. The first kappa shape index (κ1) is 10.4. The maximum absolute atomic E-state index is 9.05. The van der Waals surface area contributed by atoms with E-state index in [1.807, 2.05) is 0 Å². The molecular weight excluding hydrogens is 176 g/mol. The summed E-state index contributed by atoms with van der Waals surface area (Å²) in [6.45, 7) is 2.49. The Morgan fingerprint density at radius 3 is 2.36 bits per heavy atom. The maximum Gasteiger partial charge on any atom is 0.0814 e. The Bertz CT molecular complexity index is 183. The Labute approximate surface area is 86.6 Å². The average molecular weight is 198 g/mol. The van der Waals surface area contributed by atoms with Gasteiger partial charge in [0, 0.05) is 0 Å². The van der Waals surface area contributed by atoms with Gasteiger partial charge in [0.1, 0.15) is 0 Å². The van der Waals surface area contributed by atoms with Crippen LogP contribution in [0.4, 0.5) is 0 Å². The molecule has 14 heavy (non-hydrogen) atoms. The van der Waals surface area contributed by atoms with Crippen molar-refractivity contribution in [3.05, 3.63) is 0 Å². The molecule has 0 aromatic carbocycles. The minimum atomic E-state index is 0.133. The molecule has 1 atom stereocenters. The van der Waals surface area contributed by atoms with Crippen molar-refractivity contribution in [3.63, 3.8) is 0 Å². The SMILES string of the molecule is CCC1CCC2(CC1)CC[C@@H](CO)O2. The molecule has 0 amide bonds. The quantitative estimate of drug-likeness (QED) is 0.738. The van der Waals surface area contributed by atoms with Crippen LogP contribution in [0, 0.1) is 5.92 Å². The number of hydrogen-bond donors (Lipinski definition) is 1. The number of aliphatic hydroxyl groups excluding tert-OH is 1. The van der Waals surface area contributed by atoms with Crippen molar-refractivity contribution in [2.75, 3.05) is 6.61 Å². The van der Waals surface area contributed by atoms with Gasteiger partial charge in [-0.05, 0) is 44.4 Å². The summed E-state index contributed by atoms with van der Waals surface area (Å²) < 4.78 is 5.98. The zero-order chi connectivity index (χ0) is 10.0. The molecule has 2 fully saturated rings. The molecular formula is C12H22O2. The second kappa shape index (κ2) is 4.19. The van der Waals surface area contributed by atoms with E-state index in [4.69, 9.17) is 9.84 Å². The first-order chi connectivity index (χ1) is 6.78. The van der Waals surface area contributed by atoms with Crippen molar-refractivity contribution in [1.82, 2.24) is 0 Å². The van der Waals surface area contributed by atoms with E-state index < -0.39 is 0 Å². The van der Waals surface area contributed by atoms with Gasteiger partial charge in [0.2, 0.25) is 0 Å². The molecule has 2 heteroatoms. The average Bonchev–Trinajstić information content (AvgIpc) is 2.63. The van der Waals surface area contributed by atoms with Crippen molar-refractivity contribution in [2.45, 2.75) is 63.6 Å². The normalized spacial score (nSPS) is 43.3. The van der Waals surface area contributed by atoms with Crippen LogP contribution in [0.25, 0.3) is 0 Å². The Kier molecular flexibility index (Phi) is 3.13. The minimum absolute atomic E-state index is 0.133. The molecule has 0 bridgehead atoms. The third-order valence-electron chi connectivity index (χ3n) is 4.14. The second-order valence-electron chi connectivity index (χ2n) is 5.00. The minimum Gasteiger partial charge on any atom is -0.394 e. The van der Waals surface area contributed by atoms with E-state index in [0.29, 0.717) is 0 Å². The van der Waals surface area contributed by atoms with Crippen LogP contribution < -0.4 is 0 Å². The van der Waals surface area contributed by atoms with Gasteiger partial charge < -0.3 is 9.84 Å². The summed E-state index contributed by atoms with van der Waals surface area (Å²) in [4.78, 5) is 0. The predicted molar refractivity (Wildman–Crippen MR) is 56.2 cm³/mol. The molecule has 0 unspecified atom stereocenters. The topological polar surface area (TPSA) is 29.5 Å². The smallest absolute Gasteiger partial charge is 0.0814 e. The third kappa shape index (κ3) is 1.96. The van der Waals surface area contributed by atoms with Crippen molar-refractivity contribution < 1.29 is 9.84 Å². The van der Waals surface area contributed by atoms with E-state index >= 15 is 0 Å². The fraction of sp³-hybridized carbons (Fsp3) is 1.00. The highest BCUT2D eigenvalue weighted by molar-refractivity contribution is 4.92. The number of hydrogen-bond acceptors (Lipinski definition) is 2. The summed E-state index contributed by atoms with van der Waals surface area (Å²) in [5.41, 5.74) is 0.166. The standard InChI is InChI=1S/C12H22O2/c1-2-10-3-6-12(7-4-10)8-5-11(9-13)14-12/h10-11,13H,2-9H2,1H3/t10?,11-,12?/m0/s1. The predicted octanol–water partition coefficient (Wildman–Crippen LogP) is 2.50. The molecule has 2 aliphatic rings. The van der Waals surface area contributed by atoms with E-state index in [2.05, 4.69) is 6.92 Å². The highest BCUT2D eigenvalue weighted by Crippen LogP contribution is 2.44. The summed E-state index contributed by atoms with van der Waals surface area (Å²) >= 11 is 0. The summed E-state index contributed by atoms with van der Waals surface area (Å²) in [6, 6.07) is 0. The summed E-state index contributed by atoms with van der Waals surface area (Å²) in [6.07, 6.45) is 8.79. The van der Waals surface area contributed by atoms with Crippen molar-refractivity contribution in [2.24, 2.45) is 5.92 Å². The van der Waals surface area contributed by atoms with Gasteiger partial charge in [-0.1, -0.05) is 13.3 Å². The van der Waals surface area contributed by atoms with Crippen LogP contribution in [0.2, 0.25) is 0 Å². The van der Waals surface area contributed by atoms with Crippen molar-refractivity contribution in [3.8, 4) is 0 Å². The van der Waals surface area contributed by atoms with Crippen molar-refractivity contribution >= 4 is 0 Å². The summed E-state index contributed by atoms with van der Waals surface area (Å²) in [5, 5.41) is 9.05. The van der Waals surface area contributed by atoms with Crippen LogP contribution in [0.1, 0.15) is 51.9 Å². The van der Waals surface area contributed by atoms with E-state index in [1.165, 1.54) is 38.5 Å². The largest absolute Gasteiger partial charge is 0.394 e. The lowest BCUT2D eigenvalue weighted by atomic mass is 9.76. The molecule has 1 saturated carbocycles. The van der Waals surface area contributed by atoms with Crippen LogP contribution in [0.15, 0.2) is 0 Å². The van der Waals surface area contributed by atoms with E-state index in [0.717, 1.165) is 12.3 Å². The lowest BCUT2D eigenvalue weighted by molar-refractivity contribution is -0.0845. The fourth-order valence-corrected chi connectivity index (χ4v) is 3.00. The van der Waals surface area contributed by atoms with Crippen LogP contribution in [-0.2, 0) is 4.74 Å². The molecule has 0 aromatic heterocycles. The molecule has 1 spiro atoms. The molecule has 1 heterocycles. The Balaban J connectivity index is 1.87. The van der Waals surface area contributed by atoms with Gasteiger partial charge in [-0.2, -0.15) is 0 Å². The first-order valence-electron chi connectivity index (χ1n) is 6.07. The van der Waals surface area contributed by atoms with Crippen LogP contribution in [0.3, 0.4) is 0 Å². The zero-order valence-electron chi connectivity index (χ0n) is 9.17. The van der Waals surface area contributed by atoms with Gasteiger partial charge in [0.05, 0.1) is 18.3 Å². The molecule has 82 valence electrons. The van der Waals surface area contributed by atoms with Crippen molar-refractivity contribution in [1.29, 1.82) is 0 Å². The molecule has 1 aliphatic heterocycles. The molecule has 2 rings (SSSR count). The molecule has 1 saturated heterocycles. The van der Waals surface area contributed by atoms with Gasteiger partial charge in [-0.25, -0.2) is 0 Å². The Hall–Kier alpha value is -0.0800. The van der Waals surface area contributed by atoms with Crippen LogP contribution in [-0.4, -0.2) is 23.4 Å². The van der Waals surface area contributed by atoms with E-state index in [-0.39, 0.29) is 18.3 Å². The van der Waals surface area contributed by atoms with Crippen LogP contribution in [0.5, 0.6) is 0 Å². The Morgan fingerprint density at radius 1 is 1.21 bits per heavy atom. The lowest BCUT2D eigenvalue weighted by Crippen LogP contribution is -2.34. The van der Waals surface area contributed by atoms with Gasteiger partial charge >= 0.3 is 0 Å². The fourth-order valence-electron chi connectivity index (χ4n) is 3.00. The zero-order valence-corrected chi connectivity index (χ0v) is 9.17. The monoisotopic (exact) mass is 198 g/mol. The van der Waals surface area contributed by atoms with E-state index in [9.17, 15) is 0 Å². The van der Waals surface area contributed by atoms with Gasteiger partial charge in [0.25, 0.3) is 0 Å². The number of ether oxygens (including phenoxy) is 1. The lowest BCUT2D eigenvalue weighted by Gasteiger charge is -2.36. The third-order valence-corrected chi connectivity index (χ3v) is 4.14. The number of rotatable bonds is 2. The van der Waals surface area contributed by atoms with Gasteiger partial charge in [0.15, 0.2) is 0 Å². The number of aliphatic hydroxyl groups is 1. The molecule has 0 radical (unpaired) electrons. The summed E-state index contributed by atoms with van der Waals surface area (Å²) in [7, 11) is 0. The first-order valence-corrected chi connectivity index (χ1v) is 6.07. The molecule has 0 aromatic rings. The second-order valence-corrected chi connectivity index (χ2v) is 5.00.